The number of likely N-dealkylation sites (tertiary alicyclic amines) is 1. The molecule has 6 heteroatoms. The summed E-state index contributed by atoms with van der Waals surface area (Å²) in [6.07, 6.45) is 7.11. The van der Waals surface area contributed by atoms with Crippen LogP contribution in [0.3, 0.4) is 0 Å². The molecule has 3 rings (SSSR count). The molecule has 2 heterocycles. The summed E-state index contributed by atoms with van der Waals surface area (Å²) in [6, 6.07) is 8.90. The number of aliphatic carboxylic acids is 2. The Kier molecular flexibility index (Phi) is 7.41. The van der Waals surface area contributed by atoms with E-state index >= 15 is 0 Å². The van der Waals surface area contributed by atoms with Gasteiger partial charge >= 0.3 is 11.9 Å². The zero-order valence-electron chi connectivity index (χ0n) is 15.0. The van der Waals surface area contributed by atoms with Gasteiger partial charge in [0.1, 0.15) is 0 Å². The molecule has 1 atom stereocenters. The largest absolute Gasteiger partial charge is 0.478 e. The average Bonchev–Trinajstić information content (AvgIpc) is 3.10. The van der Waals surface area contributed by atoms with Crippen LogP contribution in [0.2, 0.25) is 0 Å². The Morgan fingerprint density at radius 3 is 2.62 bits per heavy atom. The van der Waals surface area contributed by atoms with Crippen LogP contribution in [0.4, 0.5) is 0 Å². The summed E-state index contributed by atoms with van der Waals surface area (Å²) in [5.74, 6) is -1.80. The fourth-order valence-electron chi connectivity index (χ4n) is 3.44. The minimum atomic E-state index is -1.26. The summed E-state index contributed by atoms with van der Waals surface area (Å²) in [5, 5.41) is 17.0. The van der Waals surface area contributed by atoms with Crippen LogP contribution in [0, 0.1) is 0 Å². The third kappa shape index (κ3) is 5.74. The second-order valence-corrected chi connectivity index (χ2v) is 6.44. The number of carbonyl (C=O) groups is 2. The molecule has 1 aliphatic rings. The zero-order chi connectivity index (χ0) is 18.9. The smallest absolute Gasteiger partial charge is 0.328 e. The van der Waals surface area contributed by atoms with Gasteiger partial charge in [-0.3, -0.25) is 0 Å². The molecule has 6 nitrogen and oxygen atoms in total. The Bertz CT molecular complexity index is 748. The van der Waals surface area contributed by atoms with Crippen molar-refractivity contribution >= 4 is 22.8 Å². The summed E-state index contributed by atoms with van der Waals surface area (Å²) in [6.45, 7) is 6.04. The number of aromatic amines is 1. The number of piperidine rings is 1. The molecule has 3 N–H and O–H groups in total. The van der Waals surface area contributed by atoms with Gasteiger partial charge in [-0.1, -0.05) is 19.1 Å². The molecule has 1 aromatic carbocycles. The highest BCUT2D eigenvalue weighted by Gasteiger charge is 2.22. The lowest BCUT2D eigenvalue weighted by Gasteiger charge is -2.33. The number of fused-ring (bicyclic) bond motifs is 1. The Balaban J connectivity index is 0.000000260. The summed E-state index contributed by atoms with van der Waals surface area (Å²) in [7, 11) is 0. The first-order chi connectivity index (χ1) is 12.5. The van der Waals surface area contributed by atoms with Crippen LogP contribution < -0.4 is 0 Å². The van der Waals surface area contributed by atoms with Crippen molar-refractivity contribution in [2.24, 2.45) is 0 Å². The van der Waals surface area contributed by atoms with Gasteiger partial charge in [0.15, 0.2) is 0 Å². The normalized spacial score (nSPS) is 17.8. The Morgan fingerprint density at radius 2 is 1.96 bits per heavy atom. The maximum absolute atomic E-state index is 9.55. The number of benzene rings is 1. The van der Waals surface area contributed by atoms with Crippen molar-refractivity contribution in [3.8, 4) is 0 Å². The molecule has 0 radical (unpaired) electrons. The number of carboxylic acid groups (broad SMARTS) is 2. The number of rotatable bonds is 5. The van der Waals surface area contributed by atoms with Crippen molar-refractivity contribution in [1.82, 2.24) is 9.88 Å². The van der Waals surface area contributed by atoms with Crippen LogP contribution in [0.25, 0.3) is 10.9 Å². The highest BCUT2D eigenvalue weighted by Crippen LogP contribution is 2.31. The molecule has 26 heavy (non-hydrogen) atoms. The molecule has 1 aliphatic heterocycles. The van der Waals surface area contributed by atoms with E-state index in [0.29, 0.717) is 18.1 Å². The Hall–Kier alpha value is -2.60. The molecule has 0 saturated carbocycles. The second-order valence-electron chi connectivity index (χ2n) is 6.44. The Labute approximate surface area is 153 Å². The van der Waals surface area contributed by atoms with Crippen LogP contribution in [-0.2, 0) is 9.59 Å². The van der Waals surface area contributed by atoms with Crippen molar-refractivity contribution in [3.63, 3.8) is 0 Å². The lowest BCUT2D eigenvalue weighted by molar-refractivity contribution is -0.134. The predicted molar refractivity (Wildman–Crippen MR) is 101 cm³/mol. The van der Waals surface area contributed by atoms with Gasteiger partial charge < -0.3 is 20.1 Å². The first kappa shape index (κ1) is 19.7. The lowest BCUT2D eigenvalue weighted by Crippen LogP contribution is -2.34. The van der Waals surface area contributed by atoms with Crippen LogP contribution in [-0.4, -0.2) is 51.7 Å². The molecule has 140 valence electrons. The van der Waals surface area contributed by atoms with E-state index < -0.39 is 11.9 Å². The van der Waals surface area contributed by atoms with Crippen LogP contribution in [0.5, 0.6) is 0 Å². The first-order valence-corrected chi connectivity index (χ1v) is 8.93. The summed E-state index contributed by atoms with van der Waals surface area (Å²) >= 11 is 0. The predicted octanol–water partition coefficient (Wildman–Crippen LogP) is 3.47. The molecule has 2 aromatic rings. The number of H-pyrrole nitrogens is 1. The fraction of sp³-hybridized carbons (Fsp3) is 0.400. The number of carboxylic acids is 2. The minimum absolute atomic E-state index is 0.558. The van der Waals surface area contributed by atoms with Gasteiger partial charge in [0.05, 0.1) is 0 Å². The lowest BCUT2D eigenvalue weighted by atomic mass is 9.88. The number of hydrogen-bond acceptors (Lipinski definition) is 3. The van der Waals surface area contributed by atoms with Crippen LogP contribution >= 0.6 is 0 Å². The SMILES string of the molecule is CCCN1CCCC(c2cccc3[nH]ccc23)C1.O=C(O)/C=C/C(=O)O. The maximum Gasteiger partial charge on any atom is 0.328 e. The van der Waals surface area contributed by atoms with E-state index in [1.165, 1.54) is 55.4 Å². The first-order valence-electron chi connectivity index (χ1n) is 8.93. The van der Waals surface area contributed by atoms with E-state index in [9.17, 15) is 9.59 Å². The number of aromatic nitrogens is 1. The van der Waals surface area contributed by atoms with Gasteiger partial charge in [-0.2, -0.15) is 0 Å². The molecular weight excluding hydrogens is 332 g/mol. The van der Waals surface area contributed by atoms with E-state index in [0.717, 1.165) is 0 Å². The van der Waals surface area contributed by atoms with Gasteiger partial charge in [-0.15, -0.1) is 0 Å². The van der Waals surface area contributed by atoms with Crippen LogP contribution in [0.15, 0.2) is 42.6 Å². The van der Waals surface area contributed by atoms with E-state index in [-0.39, 0.29) is 0 Å². The quantitative estimate of drug-likeness (QED) is 0.712. The molecule has 0 spiro atoms. The van der Waals surface area contributed by atoms with E-state index in [1.807, 2.05) is 0 Å². The minimum Gasteiger partial charge on any atom is -0.478 e. The molecule has 1 fully saturated rings. The topological polar surface area (TPSA) is 93.6 Å². The number of hydrogen-bond donors (Lipinski definition) is 3. The van der Waals surface area contributed by atoms with Crippen molar-refractivity contribution in [3.05, 3.63) is 48.2 Å². The van der Waals surface area contributed by atoms with Gasteiger partial charge in [0, 0.05) is 35.8 Å². The third-order valence-corrected chi connectivity index (χ3v) is 4.48. The van der Waals surface area contributed by atoms with Gasteiger partial charge in [-0.25, -0.2) is 9.59 Å². The molecule has 0 bridgehead atoms. The van der Waals surface area contributed by atoms with E-state index in [1.54, 1.807) is 0 Å². The van der Waals surface area contributed by atoms with E-state index in [4.69, 9.17) is 10.2 Å². The summed E-state index contributed by atoms with van der Waals surface area (Å²) < 4.78 is 0. The van der Waals surface area contributed by atoms with Crippen molar-refractivity contribution in [1.29, 1.82) is 0 Å². The number of nitrogens with one attached hydrogen (secondary N) is 1. The zero-order valence-corrected chi connectivity index (χ0v) is 15.0. The van der Waals surface area contributed by atoms with Crippen molar-refractivity contribution in [2.75, 3.05) is 19.6 Å². The van der Waals surface area contributed by atoms with Crippen molar-refractivity contribution in [2.45, 2.75) is 32.1 Å². The number of nitrogens with zero attached hydrogens (tertiary/aromatic N) is 1. The molecule has 0 aliphatic carbocycles. The molecular formula is C20H26N2O4. The second kappa shape index (κ2) is 9.77. The maximum atomic E-state index is 9.55. The van der Waals surface area contributed by atoms with Gasteiger partial charge in [-0.05, 0) is 56.0 Å². The van der Waals surface area contributed by atoms with Crippen molar-refractivity contribution < 1.29 is 19.8 Å². The monoisotopic (exact) mass is 358 g/mol. The van der Waals surface area contributed by atoms with Gasteiger partial charge in [0.25, 0.3) is 0 Å². The van der Waals surface area contributed by atoms with Crippen LogP contribution in [0.1, 0.15) is 37.7 Å². The van der Waals surface area contributed by atoms with Gasteiger partial charge in [0.2, 0.25) is 0 Å². The summed E-state index contributed by atoms with van der Waals surface area (Å²) in [4.78, 5) is 25.1. The van der Waals surface area contributed by atoms with E-state index in [2.05, 4.69) is 47.3 Å². The molecule has 0 amide bonds. The Morgan fingerprint density at radius 1 is 1.23 bits per heavy atom. The molecule has 1 unspecified atom stereocenters. The standard InChI is InChI=1S/C16H22N2.C4H4O4/c1-2-10-18-11-4-5-13(12-18)14-6-3-7-16-15(14)8-9-17-16;5-3(6)1-2-4(7)8/h3,6-9,13,17H,2,4-5,10-12H2,1H3;1-2H,(H,5,6)(H,7,8)/b;2-1+. The fourth-order valence-corrected chi connectivity index (χ4v) is 3.44. The average molecular weight is 358 g/mol. The highest BCUT2D eigenvalue weighted by molar-refractivity contribution is 5.89. The highest BCUT2D eigenvalue weighted by atomic mass is 16.4. The molecule has 1 saturated heterocycles. The summed E-state index contributed by atoms with van der Waals surface area (Å²) in [5.41, 5.74) is 2.81. The molecule has 1 aromatic heterocycles. The third-order valence-electron chi connectivity index (χ3n) is 4.48.